The van der Waals surface area contributed by atoms with Crippen molar-refractivity contribution < 1.29 is 9.13 Å². The number of nitrogens with zero attached hydrogens (tertiary/aromatic N) is 2. The fourth-order valence-corrected chi connectivity index (χ4v) is 0.908. The van der Waals surface area contributed by atoms with Gasteiger partial charge in [0.05, 0.1) is 18.7 Å². The van der Waals surface area contributed by atoms with E-state index in [0.29, 0.717) is 5.88 Å². The Morgan fingerprint density at radius 3 is 2.33 bits per heavy atom. The average Bonchev–Trinajstić information content (AvgIpc) is 2.29. The monoisotopic (exact) mass is 172 g/mol. The molecule has 0 spiro atoms. The molecule has 0 aromatic carbocycles. The lowest BCUT2D eigenvalue weighted by atomic mass is 10.1. The predicted molar refractivity (Wildman–Crippen MR) is 43.7 cm³/mol. The molecule has 1 rings (SSSR count). The van der Waals surface area contributed by atoms with Gasteiger partial charge in [-0.3, -0.25) is 0 Å². The molecule has 68 valence electrons. The summed E-state index contributed by atoms with van der Waals surface area (Å²) < 4.78 is 19.2. The van der Waals surface area contributed by atoms with Gasteiger partial charge in [0.15, 0.2) is 0 Å². The molecule has 0 amide bonds. The molecule has 0 saturated heterocycles. The lowest BCUT2D eigenvalue weighted by Gasteiger charge is -2.18. The third kappa shape index (κ3) is 1.57. The molecule has 0 fully saturated rings. The number of halogens is 1. The maximum absolute atomic E-state index is 13.1. The predicted octanol–water partition coefficient (Wildman–Crippen LogP) is 1.79. The summed E-state index contributed by atoms with van der Waals surface area (Å²) in [5.74, 6) is -0.0678. The van der Waals surface area contributed by atoms with Crippen molar-refractivity contribution in [2.45, 2.75) is 26.3 Å². The van der Waals surface area contributed by atoms with Gasteiger partial charge in [-0.1, -0.05) is 0 Å². The number of hydrogen-bond acceptors (Lipinski definition) is 2. The lowest BCUT2D eigenvalue weighted by Crippen LogP contribution is -2.24. The molecule has 1 aromatic rings. The third-order valence-corrected chi connectivity index (χ3v) is 1.49. The van der Waals surface area contributed by atoms with Gasteiger partial charge in [-0.2, -0.15) is 4.39 Å². The van der Waals surface area contributed by atoms with Crippen LogP contribution in [0.1, 0.15) is 20.8 Å². The second kappa shape index (κ2) is 2.77. The maximum atomic E-state index is 13.1. The minimum atomic E-state index is -0.376. The fourth-order valence-electron chi connectivity index (χ4n) is 0.908. The van der Waals surface area contributed by atoms with Crippen molar-refractivity contribution >= 4 is 0 Å². The average molecular weight is 172 g/mol. The topological polar surface area (TPSA) is 27.1 Å². The first-order chi connectivity index (χ1) is 5.45. The van der Waals surface area contributed by atoms with Crippen LogP contribution < -0.4 is 4.74 Å². The number of ether oxygens (including phenoxy) is 1. The Labute approximate surface area is 71.1 Å². The van der Waals surface area contributed by atoms with Crippen molar-refractivity contribution in [3.05, 3.63) is 12.0 Å². The van der Waals surface area contributed by atoms with E-state index in [1.807, 2.05) is 20.8 Å². The van der Waals surface area contributed by atoms with E-state index in [0.717, 1.165) is 0 Å². The van der Waals surface area contributed by atoms with E-state index < -0.39 is 0 Å². The van der Waals surface area contributed by atoms with Crippen LogP contribution >= 0.6 is 0 Å². The van der Waals surface area contributed by atoms with Crippen LogP contribution in [0.3, 0.4) is 0 Å². The number of aromatic nitrogens is 2. The Morgan fingerprint density at radius 2 is 2.08 bits per heavy atom. The van der Waals surface area contributed by atoms with E-state index in [2.05, 4.69) is 5.10 Å². The van der Waals surface area contributed by atoms with Gasteiger partial charge in [-0.25, -0.2) is 4.68 Å². The quantitative estimate of drug-likeness (QED) is 0.645. The Hall–Kier alpha value is -1.06. The van der Waals surface area contributed by atoms with Crippen LogP contribution in [0.5, 0.6) is 5.88 Å². The Balaban J connectivity index is 3.08. The molecule has 3 nitrogen and oxygen atoms in total. The van der Waals surface area contributed by atoms with Crippen LogP contribution in [-0.4, -0.2) is 16.9 Å². The molecule has 12 heavy (non-hydrogen) atoms. The summed E-state index contributed by atoms with van der Waals surface area (Å²) in [4.78, 5) is 0. The minimum absolute atomic E-state index is 0.308. The van der Waals surface area contributed by atoms with Gasteiger partial charge >= 0.3 is 0 Å². The van der Waals surface area contributed by atoms with Crippen LogP contribution in [0.25, 0.3) is 0 Å². The Bertz CT molecular complexity index is 275. The second-order valence-corrected chi connectivity index (χ2v) is 3.59. The number of methoxy groups -OCH3 is 1. The summed E-state index contributed by atoms with van der Waals surface area (Å²) in [6.07, 6.45) is 0. The number of rotatable bonds is 1. The first-order valence-electron chi connectivity index (χ1n) is 3.75. The zero-order valence-corrected chi connectivity index (χ0v) is 7.76. The Morgan fingerprint density at radius 1 is 1.50 bits per heavy atom. The van der Waals surface area contributed by atoms with Gasteiger partial charge in [0.25, 0.3) is 0 Å². The van der Waals surface area contributed by atoms with E-state index in [1.165, 1.54) is 17.9 Å². The molecule has 0 saturated carbocycles. The van der Waals surface area contributed by atoms with Gasteiger partial charge < -0.3 is 4.74 Å². The van der Waals surface area contributed by atoms with E-state index >= 15 is 0 Å². The van der Waals surface area contributed by atoms with Gasteiger partial charge in [0.1, 0.15) is 0 Å². The van der Waals surface area contributed by atoms with Gasteiger partial charge in [0.2, 0.25) is 11.8 Å². The highest BCUT2D eigenvalue weighted by molar-refractivity contribution is 5.08. The van der Waals surface area contributed by atoms with Crippen LogP contribution in [0.15, 0.2) is 6.07 Å². The molecule has 0 atom stereocenters. The van der Waals surface area contributed by atoms with Crippen molar-refractivity contribution in [3.63, 3.8) is 0 Å². The number of hydrogen-bond donors (Lipinski definition) is 0. The van der Waals surface area contributed by atoms with E-state index in [1.54, 1.807) is 0 Å². The van der Waals surface area contributed by atoms with Crippen molar-refractivity contribution in [2.75, 3.05) is 7.11 Å². The van der Waals surface area contributed by atoms with Gasteiger partial charge in [-0.15, -0.1) is 5.10 Å². The van der Waals surface area contributed by atoms with Crippen LogP contribution in [0.4, 0.5) is 4.39 Å². The van der Waals surface area contributed by atoms with Crippen molar-refractivity contribution in [2.24, 2.45) is 0 Å². The van der Waals surface area contributed by atoms with Crippen molar-refractivity contribution in [1.82, 2.24) is 9.78 Å². The van der Waals surface area contributed by atoms with Crippen LogP contribution in [0, 0.1) is 5.95 Å². The second-order valence-electron chi connectivity index (χ2n) is 3.59. The van der Waals surface area contributed by atoms with E-state index in [4.69, 9.17) is 4.74 Å². The van der Waals surface area contributed by atoms with E-state index in [9.17, 15) is 4.39 Å². The SMILES string of the molecule is COc1cc(F)n(C(C)(C)C)n1. The Kier molecular flexibility index (Phi) is 2.08. The summed E-state index contributed by atoms with van der Waals surface area (Å²) in [6.45, 7) is 5.63. The molecule has 0 unspecified atom stereocenters. The highest BCUT2D eigenvalue weighted by Crippen LogP contribution is 2.18. The molecule has 1 aromatic heterocycles. The largest absolute Gasteiger partial charge is 0.480 e. The molecule has 0 bridgehead atoms. The van der Waals surface area contributed by atoms with Crippen LogP contribution in [0.2, 0.25) is 0 Å². The summed E-state index contributed by atoms with van der Waals surface area (Å²) in [7, 11) is 1.47. The maximum Gasteiger partial charge on any atom is 0.235 e. The molecule has 1 heterocycles. The summed E-state index contributed by atoms with van der Waals surface area (Å²) >= 11 is 0. The highest BCUT2D eigenvalue weighted by atomic mass is 19.1. The van der Waals surface area contributed by atoms with Crippen molar-refractivity contribution in [1.29, 1.82) is 0 Å². The molecular weight excluding hydrogens is 159 g/mol. The molecule has 0 aliphatic heterocycles. The first kappa shape index (κ1) is 9.03. The minimum Gasteiger partial charge on any atom is -0.480 e. The highest BCUT2D eigenvalue weighted by Gasteiger charge is 2.19. The lowest BCUT2D eigenvalue weighted by molar-refractivity contribution is 0.290. The zero-order valence-electron chi connectivity index (χ0n) is 7.76. The molecule has 0 N–H and O–H groups in total. The summed E-state index contributed by atoms with van der Waals surface area (Å²) in [5, 5.41) is 3.92. The van der Waals surface area contributed by atoms with Gasteiger partial charge in [-0.05, 0) is 20.8 Å². The third-order valence-electron chi connectivity index (χ3n) is 1.49. The molecule has 0 radical (unpaired) electrons. The molecular formula is C8H13FN2O. The molecule has 0 aliphatic carbocycles. The summed E-state index contributed by atoms with van der Waals surface area (Å²) in [6, 6.07) is 1.27. The van der Waals surface area contributed by atoms with Crippen molar-refractivity contribution in [3.8, 4) is 5.88 Å². The van der Waals surface area contributed by atoms with E-state index in [-0.39, 0.29) is 11.5 Å². The fraction of sp³-hybridized carbons (Fsp3) is 0.625. The first-order valence-corrected chi connectivity index (χ1v) is 3.75. The van der Waals surface area contributed by atoms with Gasteiger partial charge in [0, 0.05) is 0 Å². The molecule has 4 heteroatoms. The standard InChI is InChI=1S/C8H13FN2O/c1-8(2,3)11-6(9)5-7(10-11)12-4/h5H,1-4H3. The van der Waals surface area contributed by atoms with Crippen LogP contribution in [-0.2, 0) is 5.54 Å². The normalized spacial score (nSPS) is 11.8. The summed E-state index contributed by atoms with van der Waals surface area (Å²) in [5.41, 5.74) is -0.346. The molecule has 0 aliphatic rings. The zero-order chi connectivity index (χ0) is 9.35. The smallest absolute Gasteiger partial charge is 0.235 e.